The van der Waals surface area contributed by atoms with Gasteiger partial charge in [0.15, 0.2) is 5.54 Å². The van der Waals surface area contributed by atoms with E-state index in [4.69, 9.17) is 4.74 Å². The molecule has 1 aromatic rings. The topological polar surface area (TPSA) is 66.8 Å². The molecule has 1 atom stereocenters. The Kier molecular flexibility index (Phi) is 4.61. The molecule has 0 saturated heterocycles. The second kappa shape index (κ2) is 5.71. The Morgan fingerprint density at radius 1 is 1.19 bits per heavy atom. The fraction of sp³-hybridized carbons (Fsp3) is 0.467. The van der Waals surface area contributed by atoms with Crippen molar-refractivity contribution in [3.8, 4) is 0 Å². The molecule has 1 aromatic carbocycles. The number of rotatable bonds is 3. The molecule has 1 unspecified atom stereocenters. The minimum atomic E-state index is -1.87. The number of aliphatic carboxylic acids is 1. The average Bonchev–Trinajstić information content (AvgIpc) is 2.35. The molecule has 0 heterocycles. The van der Waals surface area contributed by atoms with E-state index in [0.717, 1.165) is 11.0 Å². The maximum Gasteiger partial charge on any atom is 0.411 e. The number of nitrogens with zero attached hydrogens (tertiary/aromatic N) is 1. The maximum absolute atomic E-state index is 14.0. The van der Waals surface area contributed by atoms with Gasteiger partial charge in [-0.05, 0) is 33.8 Å². The smallest absolute Gasteiger partial charge is 0.411 e. The van der Waals surface area contributed by atoms with E-state index in [1.165, 1.54) is 32.2 Å². The third kappa shape index (κ3) is 3.51. The van der Waals surface area contributed by atoms with Gasteiger partial charge < -0.3 is 9.84 Å². The molecule has 21 heavy (non-hydrogen) atoms. The van der Waals surface area contributed by atoms with E-state index in [-0.39, 0.29) is 5.56 Å². The van der Waals surface area contributed by atoms with Crippen molar-refractivity contribution < 1.29 is 23.8 Å². The number of likely N-dealkylation sites (N-methyl/N-ethyl adjacent to an activating group) is 1. The first kappa shape index (κ1) is 16.9. The lowest BCUT2D eigenvalue weighted by Crippen LogP contribution is -2.52. The Morgan fingerprint density at radius 3 is 2.14 bits per heavy atom. The Hall–Kier alpha value is -2.11. The van der Waals surface area contributed by atoms with Crippen LogP contribution in [0.3, 0.4) is 0 Å². The van der Waals surface area contributed by atoms with E-state index in [1.54, 1.807) is 20.8 Å². The highest BCUT2D eigenvalue weighted by Crippen LogP contribution is 2.31. The predicted molar refractivity (Wildman–Crippen MR) is 75.4 cm³/mol. The van der Waals surface area contributed by atoms with Crippen molar-refractivity contribution in [1.82, 2.24) is 4.90 Å². The highest BCUT2D eigenvalue weighted by molar-refractivity contribution is 5.85. The van der Waals surface area contributed by atoms with Crippen LogP contribution in [0.4, 0.5) is 9.18 Å². The molecule has 0 fully saturated rings. The number of ether oxygens (including phenoxy) is 1. The first-order chi connectivity index (χ1) is 9.50. The third-order valence-electron chi connectivity index (χ3n) is 3.15. The average molecular weight is 297 g/mol. The van der Waals surface area contributed by atoms with Gasteiger partial charge in [0.25, 0.3) is 0 Å². The molecule has 116 valence electrons. The molecule has 0 aliphatic rings. The van der Waals surface area contributed by atoms with E-state index < -0.39 is 29.0 Å². The number of hydrogen-bond donors (Lipinski definition) is 1. The van der Waals surface area contributed by atoms with Crippen LogP contribution in [0.1, 0.15) is 33.3 Å². The first-order valence-electron chi connectivity index (χ1n) is 6.45. The lowest BCUT2D eigenvalue weighted by atomic mass is 9.90. The molecule has 0 spiro atoms. The van der Waals surface area contributed by atoms with Crippen LogP contribution in [0.15, 0.2) is 24.3 Å². The second-order valence-corrected chi connectivity index (χ2v) is 5.90. The number of halogens is 1. The van der Waals surface area contributed by atoms with Gasteiger partial charge in [0.2, 0.25) is 0 Å². The van der Waals surface area contributed by atoms with Crippen molar-refractivity contribution >= 4 is 12.1 Å². The number of carbonyl (C=O) groups is 2. The van der Waals surface area contributed by atoms with Crippen LogP contribution in [0.2, 0.25) is 0 Å². The van der Waals surface area contributed by atoms with Crippen molar-refractivity contribution in [1.29, 1.82) is 0 Å². The molecule has 1 amide bonds. The van der Waals surface area contributed by atoms with Gasteiger partial charge in [0.05, 0.1) is 0 Å². The largest absolute Gasteiger partial charge is 0.479 e. The van der Waals surface area contributed by atoms with E-state index in [9.17, 15) is 19.1 Å². The van der Waals surface area contributed by atoms with Crippen LogP contribution < -0.4 is 0 Å². The van der Waals surface area contributed by atoms with Crippen LogP contribution in [-0.2, 0) is 15.1 Å². The van der Waals surface area contributed by atoms with Gasteiger partial charge in [-0.3, -0.25) is 4.90 Å². The third-order valence-corrected chi connectivity index (χ3v) is 3.15. The monoisotopic (exact) mass is 297 g/mol. The van der Waals surface area contributed by atoms with Gasteiger partial charge >= 0.3 is 12.1 Å². The Balaban J connectivity index is 3.26. The summed E-state index contributed by atoms with van der Waals surface area (Å²) in [6.07, 6.45) is -0.837. The van der Waals surface area contributed by atoms with Gasteiger partial charge in [-0.2, -0.15) is 0 Å². The summed E-state index contributed by atoms with van der Waals surface area (Å²) in [5, 5.41) is 9.51. The normalized spacial score (nSPS) is 14.2. The zero-order valence-corrected chi connectivity index (χ0v) is 12.8. The fourth-order valence-corrected chi connectivity index (χ4v) is 1.81. The molecular formula is C15H20FNO4. The van der Waals surface area contributed by atoms with Gasteiger partial charge in [-0.1, -0.05) is 18.2 Å². The quantitative estimate of drug-likeness (QED) is 0.931. The van der Waals surface area contributed by atoms with Crippen molar-refractivity contribution in [2.75, 3.05) is 7.05 Å². The van der Waals surface area contributed by atoms with Crippen LogP contribution in [-0.4, -0.2) is 34.7 Å². The number of carbonyl (C=O) groups excluding carboxylic acids is 1. The molecule has 5 nitrogen and oxygen atoms in total. The first-order valence-corrected chi connectivity index (χ1v) is 6.45. The van der Waals surface area contributed by atoms with Crippen LogP contribution in [0.25, 0.3) is 0 Å². The number of hydrogen-bond acceptors (Lipinski definition) is 3. The lowest BCUT2D eigenvalue weighted by molar-refractivity contribution is -0.150. The predicted octanol–water partition coefficient (Wildman–Crippen LogP) is 2.99. The summed E-state index contributed by atoms with van der Waals surface area (Å²) >= 11 is 0. The summed E-state index contributed by atoms with van der Waals surface area (Å²) in [7, 11) is 1.27. The number of amides is 1. The maximum atomic E-state index is 14.0. The van der Waals surface area contributed by atoms with Crippen LogP contribution in [0.5, 0.6) is 0 Å². The summed E-state index contributed by atoms with van der Waals surface area (Å²) < 4.78 is 19.1. The molecule has 6 heteroatoms. The second-order valence-electron chi connectivity index (χ2n) is 5.90. The molecule has 0 bridgehead atoms. The minimum Gasteiger partial charge on any atom is -0.479 e. The molecular weight excluding hydrogens is 277 g/mol. The highest BCUT2D eigenvalue weighted by Gasteiger charge is 2.45. The molecule has 0 saturated carbocycles. The molecule has 1 rings (SSSR count). The number of carboxylic acid groups (broad SMARTS) is 1. The summed E-state index contributed by atoms with van der Waals surface area (Å²) in [6, 6.07) is 5.46. The summed E-state index contributed by atoms with van der Waals surface area (Å²) in [4.78, 5) is 24.7. The van der Waals surface area contributed by atoms with Crippen molar-refractivity contribution in [2.45, 2.75) is 38.8 Å². The summed E-state index contributed by atoms with van der Waals surface area (Å²) in [5.74, 6) is -2.04. The van der Waals surface area contributed by atoms with Gasteiger partial charge in [-0.25, -0.2) is 14.0 Å². The molecule has 0 radical (unpaired) electrons. The van der Waals surface area contributed by atoms with Gasteiger partial charge in [0.1, 0.15) is 11.4 Å². The number of benzene rings is 1. The van der Waals surface area contributed by atoms with Crippen molar-refractivity contribution in [2.24, 2.45) is 0 Å². The molecule has 1 N–H and O–H groups in total. The van der Waals surface area contributed by atoms with E-state index in [1.807, 2.05) is 0 Å². The summed E-state index contributed by atoms with van der Waals surface area (Å²) in [6.45, 7) is 6.26. The Morgan fingerprint density at radius 2 is 1.71 bits per heavy atom. The highest BCUT2D eigenvalue weighted by atomic mass is 19.1. The van der Waals surface area contributed by atoms with Gasteiger partial charge in [-0.15, -0.1) is 0 Å². The van der Waals surface area contributed by atoms with Gasteiger partial charge in [0, 0.05) is 12.6 Å². The SMILES string of the molecule is CN(C(=O)OC(C)(C)C)C(C)(C(=O)O)c1ccccc1F. The number of carboxylic acids is 1. The molecule has 0 aliphatic carbocycles. The van der Waals surface area contributed by atoms with Crippen LogP contribution in [0, 0.1) is 5.82 Å². The lowest BCUT2D eigenvalue weighted by Gasteiger charge is -2.36. The molecule has 0 aliphatic heterocycles. The standard InChI is InChI=1S/C15H20FNO4/c1-14(2,3)21-13(20)17(5)15(4,12(18)19)10-8-6-7-9-11(10)16/h6-9H,1-5H3,(H,18,19). The van der Waals surface area contributed by atoms with E-state index in [2.05, 4.69) is 0 Å². The Bertz CT molecular complexity index is 553. The van der Waals surface area contributed by atoms with Crippen molar-refractivity contribution in [3.05, 3.63) is 35.6 Å². The van der Waals surface area contributed by atoms with E-state index >= 15 is 0 Å². The minimum absolute atomic E-state index is 0.106. The van der Waals surface area contributed by atoms with Crippen molar-refractivity contribution in [3.63, 3.8) is 0 Å². The Labute approximate surface area is 123 Å². The summed E-state index contributed by atoms with van der Waals surface area (Å²) in [5.41, 5.74) is -2.75. The zero-order valence-electron chi connectivity index (χ0n) is 12.8. The van der Waals surface area contributed by atoms with Crippen LogP contribution >= 0.6 is 0 Å². The van der Waals surface area contributed by atoms with E-state index in [0.29, 0.717) is 0 Å². The molecule has 0 aromatic heterocycles. The fourth-order valence-electron chi connectivity index (χ4n) is 1.81. The zero-order chi connectivity index (χ0) is 16.4.